The minimum absolute atomic E-state index is 0.174. The lowest BCUT2D eigenvalue weighted by Crippen LogP contribution is -2.29. The van der Waals surface area contributed by atoms with Gasteiger partial charge in [-0.05, 0) is 11.1 Å². The zero-order chi connectivity index (χ0) is 17.8. The second kappa shape index (κ2) is 7.35. The van der Waals surface area contributed by atoms with Crippen molar-refractivity contribution in [2.45, 2.75) is 31.2 Å². The molecule has 3 rings (SSSR count). The van der Waals surface area contributed by atoms with Crippen LogP contribution in [0.15, 0.2) is 46.4 Å². The van der Waals surface area contributed by atoms with E-state index in [0.717, 1.165) is 5.56 Å². The summed E-state index contributed by atoms with van der Waals surface area (Å²) in [5.41, 5.74) is 15.7. The Hall–Kier alpha value is -2.87. The summed E-state index contributed by atoms with van der Waals surface area (Å²) in [5.74, 6) is 0.174. The molecule has 1 aliphatic rings. The fourth-order valence-corrected chi connectivity index (χ4v) is 2.92. The zero-order valence-electron chi connectivity index (χ0n) is 13.4. The molecule has 2 heterocycles. The van der Waals surface area contributed by atoms with Gasteiger partial charge in [-0.2, -0.15) is 4.98 Å². The molecule has 130 valence electrons. The molecule has 1 aliphatic heterocycles. The molecule has 0 bridgehead atoms. The highest BCUT2D eigenvalue weighted by Crippen LogP contribution is 2.30. The summed E-state index contributed by atoms with van der Waals surface area (Å²) >= 11 is 0. The second-order valence-corrected chi connectivity index (χ2v) is 5.82. The first-order valence-electron chi connectivity index (χ1n) is 7.84. The van der Waals surface area contributed by atoms with Crippen LogP contribution in [0.3, 0.4) is 0 Å². The van der Waals surface area contributed by atoms with Gasteiger partial charge in [0.05, 0.1) is 18.8 Å². The third-order valence-electron chi connectivity index (χ3n) is 4.19. The van der Waals surface area contributed by atoms with Crippen LogP contribution in [0.5, 0.6) is 0 Å². The van der Waals surface area contributed by atoms with Crippen LogP contribution in [0.25, 0.3) is 10.4 Å². The molecule has 9 heteroatoms. The number of azide groups is 1. The predicted octanol–water partition coefficient (Wildman–Crippen LogP) is 1.37. The van der Waals surface area contributed by atoms with Crippen LogP contribution < -0.4 is 11.4 Å². The van der Waals surface area contributed by atoms with E-state index in [4.69, 9.17) is 16.0 Å². The van der Waals surface area contributed by atoms with Crippen molar-refractivity contribution in [1.82, 2.24) is 9.55 Å². The molecule has 1 aromatic carbocycles. The van der Waals surface area contributed by atoms with Gasteiger partial charge in [-0.15, -0.1) is 0 Å². The normalized spacial score (nSPS) is 22.5. The lowest BCUT2D eigenvalue weighted by molar-refractivity contribution is -0.0270. The first kappa shape index (κ1) is 17.0. The maximum absolute atomic E-state index is 12.2. The number of rotatable bonds is 5. The second-order valence-electron chi connectivity index (χ2n) is 5.82. The molecule has 9 nitrogen and oxygen atoms in total. The first-order valence-corrected chi connectivity index (χ1v) is 7.84. The van der Waals surface area contributed by atoms with Gasteiger partial charge in [-0.25, -0.2) is 4.79 Å². The van der Waals surface area contributed by atoms with Crippen LogP contribution in [-0.4, -0.2) is 33.4 Å². The van der Waals surface area contributed by atoms with E-state index in [0.29, 0.717) is 12.0 Å². The maximum Gasteiger partial charge on any atom is 0.351 e. The van der Waals surface area contributed by atoms with Crippen LogP contribution >= 0.6 is 0 Å². The molecule has 3 N–H and O–H groups in total. The quantitative estimate of drug-likeness (QED) is 0.480. The van der Waals surface area contributed by atoms with Gasteiger partial charge < -0.3 is 15.6 Å². The predicted molar refractivity (Wildman–Crippen MR) is 90.7 cm³/mol. The number of aliphatic hydroxyl groups excluding tert-OH is 1. The molecule has 0 radical (unpaired) electrons. The topological polar surface area (TPSA) is 139 Å². The molecule has 0 amide bonds. The van der Waals surface area contributed by atoms with Crippen molar-refractivity contribution in [1.29, 1.82) is 0 Å². The summed E-state index contributed by atoms with van der Waals surface area (Å²) in [6.45, 7) is -0.297. The Morgan fingerprint density at radius 1 is 1.44 bits per heavy atom. The Bertz CT molecular complexity index is 847. The van der Waals surface area contributed by atoms with Gasteiger partial charge >= 0.3 is 5.69 Å². The Morgan fingerprint density at radius 2 is 2.20 bits per heavy atom. The van der Waals surface area contributed by atoms with Crippen LogP contribution in [0.1, 0.15) is 23.8 Å². The molecular formula is C16H18N6O3. The van der Waals surface area contributed by atoms with Gasteiger partial charge in [0.1, 0.15) is 12.0 Å². The SMILES string of the molecule is [N-]=[N+]=N[C@H]1C[C@H](n2cc(Cc3ccccc3)c(N)nc2=O)O[C@@H]1CO. The van der Waals surface area contributed by atoms with Gasteiger partial charge in [-0.3, -0.25) is 4.57 Å². The number of nitrogens with two attached hydrogens (primary N) is 1. The van der Waals surface area contributed by atoms with E-state index < -0.39 is 24.1 Å². The standard InChI is InChI=1S/C16H18N6O3/c17-15-11(6-10-4-2-1-3-5-10)8-22(16(24)19-15)14-7-12(20-21-18)13(9-23)25-14/h1-5,8,12-14,23H,6-7,9H2,(H2,17,19,24)/t12-,13+,14+/m0/s1. The number of benzene rings is 1. The van der Waals surface area contributed by atoms with Crippen molar-refractivity contribution in [3.63, 3.8) is 0 Å². The molecule has 0 saturated carbocycles. The average molecular weight is 342 g/mol. The fraction of sp³-hybridized carbons (Fsp3) is 0.375. The molecular weight excluding hydrogens is 324 g/mol. The summed E-state index contributed by atoms with van der Waals surface area (Å²) in [7, 11) is 0. The van der Waals surface area contributed by atoms with E-state index in [1.165, 1.54) is 4.57 Å². The summed E-state index contributed by atoms with van der Waals surface area (Å²) in [6, 6.07) is 9.14. The van der Waals surface area contributed by atoms with Gasteiger partial charge in [-0.1, -0.05) is 35.4 Å². The lowest BCUT2D eigenvalue weighted by atomic mass is 10.1. The van der Waals surface area contributed by atoms with E-state index in [9.17, 15) is 9.90 Å². The smallest absolute Gasteiger partial charge is 0.351 e. The maximum atomic E-state index is 12.2. The van der Waals surface area contributed by atoms with Crippen LogP contribution in [0.4, 0.5) is 5.82 Å². The Morgan fingerprint density at radius 3 is 2.88 bits per heavy atom. The van der Waals surface area contributed by atoms with Crippen molar-refractivity contribution in [2.75, 3.05) is 12.3 Å². The summed E-state index contributed by atoms with van der Waals surface area (Å²) in [4.78, 5) is 18.9. The number of aromatic nitrogens is 2. The van der Waals surface area contributed by atoms with Crippen LogP contribution in [0, 0.1) is 0 Å². The number of hydrogen-bond acceptors (Lipinski definition) is 6. The minimum Gasteiger partial charge on any atom is -0.394 e. The number of aliphatic hydroxyl groups is 1. The molecule has 1 fully saturated rings. The molecule has 1 saturated heterocycles. The summed E-state index contributed by atoms with van der Waals surface area (Å²) < 4.78 is 6.99. The number of nitrogen functional groups attached to an aromatic ring is 1. The number of hydrogen-bond donors (Lipinski definition) is 2. The van der Waals surface area contributed by atoms with Crippen molar-refractivity contribution in [3.8, 4) is 0 Å². The van der Waals surface area contributed by atoms with E-state index >= 15 is 0 Å². The van der Waals surface area contributed by atoms with Gasteiger partial charge in [0.25, 0.3) is 0 Å². The third-order valence-corrected chi connectivity index (χ3v) is 4.19. The largest absolute Gasteiger partial charge is 0.394 e. The molecule has 0 aliphatic carbocycles. The van der Waals surface area contributed by atoms with Gasteiger partial charge in [0, 0.05) is 29.5 Å². The molecule has 1 aromatic heterocycles. The molecule has 0 unspecified atom stereocenters. The molecule has 2 aromatic rings. The monoisotopic (exact) mass is 342 g/mol. The lowest BCUT2D eigenvalue weighted by Gasteiger charge is -2.16. The number of nitrogens with zero attached hydrogens (tertiary/aromatic N) is 5. The molecule has 3 atom stereocenters. The number of ether oxygens (including phenoxy) is 1. The molecule has 25 heavy (non-hydrogen) atoms. The third kappa shape index (κ3) is 3.63. The summed E-state index contributed by atoms with van der Waals surface area (Å²) in [5, 5.41) is 13.0. The minimum atomic E-state index is -0.664. The first-order chi connectivity index (χ1) is 12.1. The van der Waals surface area contributed by atoms with Crippen molar-refractivity contribution in [2.24, 2.45) is 5.11 Å². The van der Waals surface area contributed by atoms with Gasteiger partial charge in [0.15, 0.2) is 0 Å². The van der Waals surface area contributed by atoms with Crippen molar-refractivity contribution in [3.05, 3.63) is 68.6 Å². The summed E-state index contributed by atoms with van der Waals surface area (Å²) in [6.07, 6.45) is 1.11. The zero-order valence-corrected chi connectivity index (χ0v) is 13.4. The van der Waals surface area contributed by atoms with E-state index in [-0.39, 0.29) is 18.8 Å². The van der Waals surface area contributed by atoms with Gasteiger partial charge in [0.2, 0.25) is 0 Å². The van der Waals surface area contributed by atoms with Crippen molar-refractivity contribution < 1.29 is 9.84 Å². The average Bonchev–Trinajstić information content (AvgIpc) is 3.01. The Balaban J connectivity index is 1.90. The van der Waals surface area contributed by atoms with Crippen LogP contribution in [-0.2, 0) is 11.2 Å². The highest BCUT2D eigenvalue weighted by Gasteiger charge is 2.36. The van der Waals surface area contributed by atoms with E-state index in [1.54, 1.807) is 6.20 Å². The highest BCUT2D eigenvalue weighted by molar-refractivity contribution is 5.40. The van der Waals surface area contributed by atoms with Crippen LogP contribution in [0.2, 0.25) is 0 Å². The van der Waals surface area contributed by atoms with E-state index in [1.807, 2.05) is 30.3 Å². The Labute approximate surface area is 143 Å². The number of anilines is 1. The Kier molecular flexibility index (Phi) is 4.99. The molecule has 0 spiro atoms. The van der Waals surface area contributed by atoms with E-state index in [2.05, 4.69) is 15.0 Å². The highest BCUT2D eigenvalue weighted by atomic mass is 16.5. The van der Waals surface area contributed by atoms with Crippen molar-refractivity contribution >= 4 is 5.82 Å². The fourth-order valence-electron chi connectivity index (χ4n) is 2.92.